The molecule has 9 aliphatic heterocycles. The molecular formula is C58H67N3O5. The maximum atomic E-state index is 16.2. The number of aliphatic hydroxyl groups excluding tert-OH is 1. The number of allylic oxidation sites excluding steroid dienone is 5. The maximum absolute atomic E-state index is 16.2. The molecule has 17 rings (SSSR count). The summed E-state index contributed by atoms with van der Waals surface area (Å²) in [5.41, 5.74) is 15.0. The molecule has 0 radical (unpaired) electrons. The molecule has 2 aromatic carbocycles. The molecule has 8 nitrogen and oxygen atoms in total. The second kappa shape index (κ2) is 14.6. The van der Waals surface area contributed by atoms with Crippen molar-refractivity contribution >= 4 is 11.9 Å². The van der Waals surface area contributed by atoms with E-state index in [1.165, 1.54) is 53.5 Å². The van der Waals surface area contributed by atoms with Crippen LogP contribution in [0.3, 0.4) is 0 Å². The first kappa shape index (κ1) is 40.6. The maximum Gasteiger partial charge on any atom is 0.339 e. The molecule has 3 N–H and O–H groups in total. The van der Waals surface area contributed by atoms with Gasteiger partial charge < -0.3 is 25.2 Å². The van der Waals surface area contributed by atoms with Crippen molar-refractivity contribution in [1.82, 2.24) is 9.80 Å². The van der Waals surface area contributed by atoms with Crippen LogP contribution in [0.2, 0.25) is 0 Å². The summed E-state index contributed by atoms with van der Waals surface area (Å²) in [5.74, 6) is 2.14. The quantitative estimate of drug-likeness (QED) is 0.293. The third-order valence-electron chi connectivity index (χ3n) is 20.3. The second-order valence-electron chi connectivity index (χ2n) is 23.3. The first-order valence-electron chi connectivity index (χ1n) is 26.4. The van der Waals surface area contributed by atoms with E-state index < -0.39 is 16.4 Å². The van der Waals surface area contributed by atoms with Crippen LogP contribution in [0.15, 0.2) is 100 Å². The first-order valence-corrected chi connectivity index (χ1v) is 26.4. The standard InChI is InChI=1S/C58H67N3O5/c1-33-24-39-19-20-45-41-27-36-30-60(32-41)46(37-13-3-2-4-14-37)29-47(62)53-56-22-21-42-44-28-40(49(33)51(42)52(39)61(45)31-36)26-35-12-7-11-34(25-35)10-5-6-18-48(57(44,56)55(64)65-53)58(56)43-17-8-15-38(16-9-23-59)50(43)54(63)66-58/h7-8,11-12,15,17,19-20,25,28,33,36-37,41,45-46,48-49,51,62H,2-6,9-10,13-14,16,18,21-24,26-27,29-32,59H2,1H3. The number of benzene rings is 2. The Kier molecular flexibility index (Phi) is 8.97. The number of fused-ring (bicyclic) bond motifs is 6. The average molecular weight is 886 g/mol. The van der Waals surface area contributed by atoms with Crippen LogP contribution < -0.4 is 5.73 Å². The molecule has 12 unspecified atom stereocenters. The number of ether oxygens (including phenoxy) is 2. The smallest absolute Gasteiger partial charge is 0.339 e. The number of nitrogens with zero attached hydrogens (tertiary/aromatic N) is 2. The molecule has 3 saturated heterocycles. The van der Waals surface area contributed by atoms with Gasteiger partial charge in [0, 0.05) is 55.2 Å². The topological polar surface area (TPSA) is 105 Å². The Hall–Kier alpha value is -4.40. The number of aryl methyl sites for hydroxylation is 2. The normalized spacial score (nSPS) is 40.4. The predicted molar refractivity (Wildman–Crippen MR) is 253 cm³/mol. The van der Waals surface area contributed by atoms with E-state index >= 15 is 4.79 Å². The van der Waals surface area contributed by atoms with E-state index in [9.17, 15) is 9.90 Å². The van der Waals surface area contributed by atoms with Crippen molar-refractivity contribution in [3.8, 4) is 0 Å². The molecule has 15 bridgehead atoms. The molecule has 12 atom stereocenters. The third-order valence-corrected chi connectivity index (χ3v) is 20.3. The van der Waals surface area contributed by atoms with Gasteiger partial charge in [0.05, 0.1) is 17.0 Å². The molecule has 9 heterocycles. The Morgan fingerprint density at radius 1 is 0.924 bits per heavy atom. The molecule has 0 aromatic heterocycles. The van der Waals surface area contributed by atoms with E-state index in [4.69, 9.17) is 15.2 Å². The Balaban J connectivity index is 1.07. The molecule has 6 aliphatic carbocycles. The van der Waals surface area contributed by atoms with Gasteiger partial charge in [-0.1, -0.05) is 104 Å². The Bertz CT molecular complexity index is 2630. The number of esters is 2. The van der Waals surface area contributed by atoms with E-state index in [1.807, 2.05) is 0 Å². The molecule has 66 heavy (non-hydrogen) atoms. The van der Waals surface area contributed by atoms with Gasteiger partial charge in [0.2, 0.25) is 0 Å². The number of hydrogen-bond acceptors (Lipinski definition) is 8. The van der Waals surface area contributed by atoms with Gasteiger partial charge in [-0.25, -0.2) is 4.79 Å². The number of rotatable bonds is 4. The van der Waals surface area contributed by atoms with Gasteiger partial charge in [-0.3, -0.25) is 9.69 Å². The van der Waals surface area contributed by atoms with Crippen LogP contribution in [0.5, 0.6) is 0 Å². The Labute approximate surface area is 390 Å². The van der Waals surface area contributed by atoms with Crippen molar-refractivity contribution in [3.05, 3.63) is 128 Å². The number of piperidine rings is 2. The van der Waals surface area contributed by atoms with Gasteiger partial charge in [0.1, 0.15) is 11.2 Å². The minimum absolute atomic E-state index is 0.140. The summed E-state index contributed by atoms with van der Waals surface area (Å²) in [6.45, 7) is 6.15. The summed E-state index contributed by atoms with van der Waals surface area (Å²) >= 11 is 0. The van der Waals surface area contributed by atoms with Gasteiger partial charge >= 0.3 is 11.9 Å². The van der Waals surface area contributed by atoms with Gasteiger partial charge in [0.25, 0.3) is 0 Å². The highest BCUT2D eigenvalue weighted by Gasteiger charge is 2.93. The highest BCUT2D eigenvalue weighted by molar-refractivity contribution is 6.00. The fraction of sp³-hybridized carbons (Fsp3) is 0.586. The molecule has 3 spiro atoms. The molecular weight excluding hydrogens is 819 g/mol. The van der Waals surface area contributed by atoms with Crippen LogP contribution in [-0.2, 0) is 39.1 Å². The van der Waals surface area contributed by atoms with E-state index in [1.54, 1.807) is 5.70 Å². The molecule has 8 heteroatoms. The SMILES string of the molecule is CC1CC2=C3C4C5=C6C=C(Cc7cccc(c7)CCCCC7C68C(=O)OC(=C(O)CC(C6CCCCC6)N6CC9CC(C6)C(C=C2)N3C9)C8(CC5)C72OC(=O)c3c(CCCN)cccc32)C14. The Morgan fingerprint density at radius 3 is 2.65 bits per heavy atom. The summed E-state index contributed by atoms with van der Waals surface area (Å²) in [6, 6.07) is 16.1. The number of aliphatic hydroxyl groups is 1. The summed E-state index contributed by atoms with van der Waals surface area (Å²) in [7, 11) is 0. The minimum atomic E-state index is -1.17. The lowest BCUT2D eigenvalue weighted by molar-refractivity contribution is -0.276. The number of nitrogens with two attached hydrogens (primary N) is 1. The lowest BCUT2D eigenvalue weighted by atomic mass is 9.29. The molecule has 15 aliphatic rings. The van der Waals surface area contributed by atoms with E-state index in [-0.39, 0.29) is 35.6 Å². The highest BCUT2D eigenvalue weighted by Crippen LogP contribution is 2.87. The van der Waals surface area contributed by atoms with Crippen molar-refractivity contribution in [2.24, 2.45) is 58.0 Å². The van der Waals surface area contributed by atoms with E-state index in [0.29, 0.717) is 79.2 Å². The fourth-order valence-corrected chi connectivity index (χ4v) is 18.2. The zero-order chi connectivity index (χ0) is 44.3. The molecule has 2 aromatic rings. The Morgan fingerprint density at radius 2 is 1.77 bits per heavy atom. The first-order chi connectivity index (χ1) is 32.3. The van der Waals surface area contributed by atoms with Crippen LogP contribution in [-0.4, -0.2) is 65.1 Å². The summed E-state index contributed by atoms with van der Waals surface area (Å²) < 4.78 is 14.3. The third kappa shape index (κ3) is 5.09. The molecule has 0 amide bonds. The number of hydrogen-bond donors (Lipinski definition) is 2. The largest absolute Gasteiger partial charge is 0.509 e. The van der Waals surface area contributed by atoms with Crippen molar-refractivity contribution < 1.29 is 24.2 Å². The number of carbonyl (C=O) groups excluding carboxylic acids is 2. The van der Waals surface area contributed by atoms with E-state index in [2.05, 4.69) is 77.4 Å². The lowest BCUT2D eigenvalue weighted by Crippen LogP contribution is -2.77. The van der Waals surface area contributed by atoms with Crippen LogP contribution in [0.4, 0.5) is 0 Å². The number of carbonyl (C=O) groups is 2. The zero-order valence-electron chi connectivity index (χ0n) is 38.9. The lowest BCUT2D eigenvalue weighted by Gasteiger charge is -2.71. The molecule has 344 valence electrons. The molecule has 5 fully saturated rings. The fourth-order valence-electron chi connectivity index (χ4n) is 18.2. The van der Waals surface area contributed by atoms with Gasteiger partial charge in [-0.05, 0) is 141 Å². The van der Waals surface area contributed by atoms with Crippen molar-refractivity contribution in [2.45, 2.75) is 134 Å². The predicted octanol–water partition coefficient (Wildman–Crippen LogP) is 9.94. The second-order valence-corrected chi connectivity index (χ2v) is 23.3. The van der Waals surface area contributed by atoms with Gasteiger partial charge in [0.15, 0.2) is 11.4 Å². The highest BCUT2D eigenvalue weighted by atomic mass is 16.6. The minimum Gasteiger partial charge on any atom is -0.509 e. The van der Waals surface area contributed by atoms with Crippen LogP contribution in [0.25, 0.3) is 0 Å². The van der Waals surface area contributed by atoms with E-state index in [0.717, 1.165) is 94.1 Å². The average Bonchev–Trinajstić information content (AvgIpc) is 3.78. The summed E-state index contributed by atoms with van der Waals surface area (Å²) in [6.07, 6.45) is 23.6. The summed E-state index contributed by atoms with van der Waals surface area (Å²) in [4.78, 5) is 36.9. The van der Waals surface area contributed by atoms with Crippen molar-refractivity contribution in [3.63, 3.8) is 0 Å². The molecule has 2 saturated carbocycles. The van der Waals surface area contributed by atoms with Crippen LogP contribution in [0.1, 0.15) is 129 Å². The van der Waals surface area contributed by atoms with Gasteiger partial charge in [-0.2, -0.15) is 0 Å². The van der Waals surface area contributed by atoms with Gasteiger partial charge in [-0.15, -0.1) is 0 Å². The van der Waals surface area contributed by atoms with Crippen molar-refractivity contribution in [1.29, 1.82) is 0 Å². The monoisotopic (exact) mass is 886 g/mol. The summed E-state index contributed by atoms with van der Waals surface area (Å²) in [5, 5.41) is 13.4. The zero-order valence-corrected chi connectivity index (χ0v) is 38.9. The van der Waals surface area contributed by atoms with Crippen molar-refractivity contribution in [2.75, 3.05) is 26.2 Å². The van der Waals surface area contributed by atoms with Crippen LogP contribution in [0, 0.1) is 52.3 Å². The van der Waals surface area contributed by atoms with Crippen LogP contribution >= 0.6 is 0 Å².